The van der Waals surface area contributed by atoms with Gasteiger partial charge in [0.25, 0.3) is 0 Å². The van der Waals surface area contributed by atoms with E-state index in [1.54, 1.807) is 0 Å². The fourth-order valence-electron chi connectivity index (χ4n) is 3.19. The van der Waals surface area contributed by atoms with E-state index < -0.39 is 58.8 Å². The van der Waals surface area contributed by atoms with Crippen LogP contribution in [0, 0.1) is 0 Å². The van der Waals surface area contributed by atoms with Crippen molar-refractivity contribution >= 4 is 21.6 Å². The Balaban J connectivity index is 0. The van der Waals surface area contributed by atoms with Crippen LogP contribution >= 0.6 is 15.6 Å². The number of carbonyl (C=O) groups excluding carboxylic acids is 1. The number of hydrogen-bond acceptors (Lipinski definition) is 11. The number of ether oxygens (including phenoxy) is 1. The van der Waals surface area contributed by atoms with Crippen LogP contribution < -0.4 is 5.32 Å². The van der Waals surface area contributed by atoms with Crippen molar-refractivity contribution in [2.45, 2.75) is 79.1 Å². The third-order valence-corrected chi connectivity index (χ3v) is 7.53. The Morgan fingerprint density at radius 2 is 1.27 bits per heavy atom. The van der Waals surface area contributed by atoms with Gasteiger partial charge in [0, 0.05) is 6.92 Å². The molecule has 1 amide bonds. The molecule has 0 saturated carbocycles. The Kier molecular flexibility index (Phi) is 20.4. The lowest BCUT2D eigenvalue weighted by atomic mass is 9.97. The van der Waals surface area contributed by atoms with Crippen molar-refractivity contribution in [1.82, 2.24) is 15.1 Å². The van der Waals surface area contributed by atoms with Crippen LogP contribution in [0.4, 0.5) is 0 Å². The van der Waals surface area contributed by atoms with Crippen LogP contribution in [0.5, 0.6) is 0 Å². The maximum atomic E-state index is 11.5. The van der Waals surface area contributed by atoms with E-state index in [4.69, 9.17) is 19.6 Å². The van der Waals surface area contributed by atoms with E-state index in [0.29, 0.717) is 0 Å². The molecule has 15 nitrogen and oxygen atoms in total. The van der Waals surface area contributed by atoms with Crippen molar-refractivity contribution < 1.29 is 57.5 Å². The molecule has 1 aliphatic heterocycles. The summed E-state index contributed by atoms with van der Waals surface area (Å²) in [6.07, 6.45) is -6.84. The molecule has 1 heterocycles. The number of aliphatic hydroxyl groups is 3. The Hall–Kier alpha value is -0.510. The van der Waals surface area contributed by atoms with E-state index in [0.717, 1.165) is 6.92 Å². The van der Waals surface area contributed by atoms with E-state index in [9.17, 15) is 29.0 Å². The summed E-state index contributed by atoms with van der Waals surface area (Å²) < 4.78 is 35.0. The molecule has 0 spiro atoms. The molecule has 0 aromatic heterocycles. The Morgan fingerprint density at radius 1 is 0.865 bits per heavy atom. The molecule has 224 valence electrons. The van der Waals surface area contributed by atoms with Crippen LogP contribution in [0.15, 0.2) is 0 Å². The maximum Gasteiger partial charge on any atom is 0.483 e. The zero-order valence-corrected chi connectivity index (χ0v) is 24.5. The molecule has 37 heavy (non-hydrogen) atoms. The number of carbonyl (C=O) groups is 1. The van der Waals surface area contributed by atoms with E-state index >= 15 is 0 Å². The summed E-state index contributed by atoms with van der Waals surface area (Å²) in [5.74, 6) is -0.732. The lowest BCUT2D eigenvalue weighted by molar-refractivity contribution is -0.247. The second-order valence-corrected chi connectivity index (χ2v) is 10.6. The lowest BCUT2D eigenvalue weighted by Crippen LogP contribution is -2.64. The first-order valence-electron chi connectivity index (χ1n) is 12.2. The van der Waals surface area contributed by atoms with Gasteiger partial charge in [0.15, 0.2) is 6.29 Å². The lowest BCUT2D eigenvalue weighted by Gasteiger charge is -2.42. The number of hydrogen-bond donors (Lipinski definition) is 7. The molecular formula is C20H47N3O12P2. The van der Waals surface area contributed by atoms with Gasteiger partial charge in [-0.25, -0.2) is 9.13 Å². The predicted octanol–water partition coefficient (Wildman–Crippen LogP) is -0.147. The molecule has 1 rings (SSSR count). The number of phosphoric acid groups is 2. The van der Waals surface area contributed by atoms with E-state index in [-0.39, 0.29) is 0 Å². The van der Waals surface area contributed by atoms with Gasteiger partial charge in [-0.2, -0.15) is 4.31 Å². The number of nitrogens with one attached hydrogen (secondary N) is 1. The summed E-state index contributed by atoms with van der Waals surface area (Å²) in [6.45, 7) is 20.5. The van der Waals surface area contributed by atoms with Gasteiger partial charge in [0.2, 0.25) is 5.91 Å². The molecule has 0 aromatic rings. The van der Waals surface area contributed by atoms with Gasteiger partial charge in [0.1, 0.15) is 24.4 Å². The molecule has 0 radical (unpaired) electrons. The highest BCUT2D eigenvalue weighted by Crippen LogP contribution is 2.58. The van der Waals surface area contributed by atoms with Crippen molar-refractivity contribution in [3.8, 4) is 0 Å². The molecule has 0 aliphatic carbocycles. The summed E-state index contributed by atoms with van der Waals surface area (Å²) in [7, 11) is -10.8. The quantitative estimate of drug-likeness (QED) is 0.149. The van der Waals surface area contributed by atoms with Crippen molar-refractivity contribution in [3.05, 3.63) is 0 Å². The molecule has 0 bridgehead atoms. The molecule has 1 fully saturated rings. The largest absolute Gasteiger partial charge is 0.483 e. The first-order valence-corrected chi connectivity index (χ1v) is 15.2. The summed E-state index contributed by atoms with van der Waals surface area (Å²) in [4.78, 5) is 42.2. The van der Waals surface area contributed by atoms with Crippen molar-refractivity contribution in [2.24, 2.45) is 0 Å². The molecule has 0 aromatic carbocycles. The van der Waals surface area contributed by atoms with E-state index in [1.807, 2.05) is 0 Å². The van der Waals surface area contributed by atoms with Gasteiger partial charge in [0.05, 0.1) is 6.61 Å². The number of phosphoric ester groups is 1. The van der Waals surface area contributed by atoms with Gasteiger partial charge in [-0.3, -0.25) is 9.32 Å². The maximum absolute atomic E-state index is 11.5. The molecule has 6 atom stereocenters. The highest BCUT2D eigenvalue weighted by molar-refractivity contribution is 7.60. The van der Waals surface area contributed by atoms with Crippen LogP contribution in [-0.4, -0.2) is 122 Å². The smallest absolute Gasteiger partial charge is 0.394 e. The second kappa shape index (κ2) is 19.5. The Labute approximate surface area is 219 Å². The van der Waals surface area contributed by atoms with Gasteiger partial charge in [-0.05, 0) is 39.3 Å². The van der Waals surface area contributed by atoms with Crippen LogP contribution in [0.3, 0.4) is 0 Å². The molecular weight excluding hydrogens is 536 g/mol. The number of nitrogens with zero attached hydrogens (tertiary/aromatic N) is 2. The topological polar surface area (TPSA) is 219 Å². The van der Waals surface area contributed by atoms with Gasteiger partial charge >= 0.3 is 15.6 Å². The van der Waals surface area contributed by atoms with Gasteiger partial charge in [-0.15, -0.1) is 0 Å². The SMILES string of the molecule is CC(=O)N[C@H]1[C@@H](OP(=O)(O)OP(=O)(O)O)O[C@H](CO)[C@@H](O)[C@@H]1O.CCN(CC)CC.CCN(CC)CC. The minimum Gasteiger partial charge on any atom is -0.394 e. The summed E-state index contributed by atoms with van der Waals surface area (Å²) in [5, 5.41) is 30.7. The van der Waals surface area contributed by atoms with E-state index in [1.165, 1.54) is 39.3 Å². The van der Waals surface area contributed by atoms with Crippen molar-refractivity contribution in [1.29, 1.82) is 0 Å². The third kappa shape index (κ3) is 16.9. The van der Waals surface area contributed by atoms with E-state index in [2.05, 4.69) is 65.5 Å². The minimum atomic E-state index is -5.39. The molecule has 1 unspecified atom stereocenters. The highest BCUT2D eigenvalue weighted by atomic mass is 31.3. The molecule has 17 heteroatoms. The monoisotopic (exact) mass is 583 g/mol. The molecule has 7 N–H and O–H groups in total. The van der Waals surface area contributed by atoms with Crippen LogP contribution in [0.1, 0.15) is 48.5 Å². The minimum absolute atomic E-state index is 0.732. The molecule has 1 saturated heterocycles. The zero-order chi connectivity index (χ0) is 29.4. The van der Waals surface area contributed by atoms with Crippen molar-refractivity contribution in [3.63, 3.8) is 0 Å². The number of amides is 1. The summed E-state index contributed by atoms with van der Waals surface area (Å²) >= 11 is 0. The normalized spacial score (nSPS) is 25.4. The molecule has 1 aliphatic rings. The summed E-state index contributed by atoms with van der Waals surface area (Å²) in [6, 6.07) is -1.58. The predicted molar refractivity (Wildman–Crippen MR) is 136 cm³/mol. The highest BCUT2D eigenvalue weighted by Gasteiger charge is 2.49. The number of aliphatic hydroxyl groups excluding tert-OH is 3. The Bertz CT molecular complexity index is 683. The number of rotatable bonds is 12. The van der Waals surface area contributed by atoms with Gasteiger partial charge in [-0.1, -0.05) is 41.5 Å². The third-order valence-electron chi connectivity index (χ3n) is 5.38. The summed E-state index contributed by atoms with van der Waals surface area (Å²) in [5.41, 5.74) is 0. The fourth-order valence-corrected chi connectivity index (χ4v) is 4.86. The van der Waals surface area contributed by atoms with Crippen LogP contribution in [0.2, 0.25) is 0 Å². The standard InChI is InChI=1S/C8H17NO12P2.2C6H15N/c1-3(11)9-5-7(13)6(12)4(2-10)19-8(5)20-23(17,18)21-22(14,15)16;2*1-4-7(5-2)6-3/h4-8,10,12-13H,2H2,1H3,(H,9,11)(H,17,18)(H2,14,15,16);2*4-6H2,1-3H3/t4-,5-,6-,7-,8-;;/m1../s1. The second-order valence-electron chi connectivity index (χ2n) is 7.82. The zero-order valence-electron chi connectivity index (χ0n) is 22.8. The fraction of sp³-hybridized carbons (Fsp3) is 0.950. The van der Waals surface area contributed by atoms with Gasteiger partial charge < -0.3 is 49.9 Å². The van der Waals surface area contributed by atoms with Crippen LogP contribution in [-0.2, 0) is 27.5 Å². The average molecular weight is 584 g/mol. The Morgan fingerprint density at radius 3 is 1.54 bits per heavy atom. The average Bonchev–Trinajstić information content (AvgIpc) is 2.80. The van der Waals surface area contributed by atoms with Crippen molar-refractivity contribution in [2.75, 3.05) is 45.9 Å². The van der Waals surface area contributed by atoms with Crippen LogP contribution in [0.25, 0.3) is 0 Å². The first kappa shape index (κ1) is 38.6. The first-order chi connectivity index (χ1) is 17.1.